The van der Waals surface area contributed by atoms with Crippen LogP contribution in [0.4, 0.5) is 4.79 Å². The summed E-state index contributed by atoms with van der Waals surface area (Å²) in [6, 6.07) is -0.798. The molecule has 0 aliphatic carbocycles. The molecule has 0 rings (SSSR count). The molecule has 6 atom stereocenters. The molecule has 0 aliphatic heterocycles. The smallest absolute Gasteiger partial charge is 1.00 e. The Balaban J connectivity index is -0.0000000544. The molecule has 0 spiro atoms. The van der Waals surface area contributed by atoms with Crippen molar-refractivity contribution in [2.24, 2.45) is 34.6 Å². The van der Waals surface area contributed by atoms with Crippen LogP contribution >= 0.6 is 50.6 Å². The maximum Gasteiger partial charge on any atom is 1.00 e. The van der Waals surface area contributed by atoms with Crippen LogP contribution in [-0.2, 0) is 178 Å². The summed E-state index contributed by atoms with van der Waals surface area (Å²) in [6.07, 6.45) is 0.681. The molecule has 74 heteroatoms. The number of quaternary nitrogens is 2. The second-order valence-corrected chi connectivity index (χ2v) is 48.8. The van der Waals surface area contributed by atoms with Crippen molar-refractivity contribution in [2.45, 2.75) is 93.0 Å². The van der Waals surface area contributed by atoms with Crippen LogP contribution in [0.25, 0.3) is 0 Å². The SMILES string of the molecule is CCOC(=O)CCCSS(=O)(=O)[O-].CCOC(=O)CCSS(=O)(=O)[O-].CC[N+](CC)(CC)CCCS(=O)(=O)NC(CC(C)C)C(=O)OC.NCCCS(=O)(=S)O[O-].NCCNS(=O)(=O)[O-].NCCS(=O)(=S)O[O-].NCCSP(=O)([O-])O.NCCSS(=O)(=O)O.O=S(=S)(CCS(=O)(=S)O[O-])O[O-].[Br-].[NH3+]CCNC(=O)[O-].[Na+].[Na+].[Na+].[Na+].[Na+].[Na+].[Na+].[Na+]. The van der Waals surface area contributed by atoms with Gasteiger partial charge in [0.25, 0.3) is 0 Å². The number of nitrogens with zero attached hydrogens (tertiary/aromatic N) is 1. The maximum atomic E-state index is 12.3. The zero-order chi connectivity index (χ0) is 87.4. The second-order valence-electron chi connectivity index (χ2n) is 19.0. The van der Waals surface area contributed by atoms with Crippen LogP contribution in [-0.4, -0.2) is 267 Å². The molecule has 0 aromatic carbocycles. The zero-order valence-electron chi connectivity index (χ0n) is 68.2. The van der Waals surface area contributed by atoms with E-state index in [-0.39, 0.29) is 369 Å². The van der Waals surface area contributed by atoms with Gasteiger partial charge in [0.05, 0.1) is 94.8 Å². The molecule has 6 unspecified atom stereocenters. The van der Waals surface area contributed by atoms with Gasteiger partial charge in [-0.25, -0.2) is 60.0 Å². The van der Waals surface area contributed by atoms with E-state index in [1.807, 2.05) is 19.2 Å². The zero-order valence-corrected chi connectivity index (χ0v) is 101. The molecule has 0 saturated carbocycles. The third kappa shape index (κ3) is 158. The number of methoxy groups -OCH3 is 1. The quantitative estimate of drug-likeness (QED) is 0.00258. The minimum Gasteiger partial charge on any atom is -1.00 e. The Morgan fingerprint density at radius 3 is 1.18 bits per heavy atom. The van der Waals surface area contributed by atoms with E-state index in [2.05, 4.69) is 103 Å². The number of amides is 1. The van der Waals surface area contributed by atoms with Crippen molar-refractivity contribution < 1.29 is 432 Å². The predicted molar refractivity (Wildman–Crippen MR) is 406 cm³/mol. The summed E-state index contributed by atoms with van der Waals surface area (Å²) in [5.41, 5.74) is 28.1. The molecule has 18 N–H and O–H groups in total. The molecule has 0 heterocycles. The van der Waals surface area contributed by atoms with Gasteiger partial charge in [-0.3, -0.25) is 23.5 Å². The summed E-state index contributed by atoms with van der Waals surface area (Å²) in [4.78, 5) is 60.5. The monoisotopic (exact) mass is 2190 g/mol. The number of nitrogens with two attached hydrogens (primary N) is 5. The Morgan fingerprint density at radius 1 is 0.547 bits per heavy atom. The molecule has 668 valence electrons. The maximum absolute atomic E-state index is 12.3. The number of esters is 3. The molecular weight excluding hydrogens is 2090 g/mol. The van der Waals surface area contributed by atoms with Crippen molar-refractivity contribution in [1.29, 1.82) is 0 Å². The Labute approximate surface area is 911 Å². The van der Waals surface area contributed by atoms with Crippen LogP contribution in [0.3, 0.4) is 0 Å². The van der Waals surface area contributed by atoms with Gasteiger partial charge in [-0.15, -0.1) is 0 Å². The van der Waals surface area contributed by atoms with Crippen LogP contribution in [0.5, 0.6) is 0 Å². The van der Waals surface area contributed by atoms with Crippen molar-refractivity contribution in [2.75, 3.05) is 151 Å². The summed E-state index contributed by atoms with van der Waals surface area (Å²) in [5.74, 6) is -1.63. The normalized spacial score (nSPS) is 13.2. The van der Waals surface area contributed by atoms with Crippen molar-refractivity contribution in [3.63, 3.8) is 0 Å². The van der Waals surface area contributed by atoms with Gasteiger partial charge in [-0.1, -0.05) is 25.2 Å². The summed E-state index contributed by atoms with van der Waals surface area (Å²) >= 11 is 17.1. The number of halogens is 1. The molecule has 0 aromatic heterocycles. The Kier molecular flexibility index (Phi) is 151. The molecule has 47 nitrogen and oxygen atoms in total. The van der Waals surface area contributed by atoms with E-state index in [4.69, 9.17) is 42.9 Å². The van der Waals surface area contributed by atoms with Gasteiger partial charge in [0, 0.05) is 113 Å². The molecule has 0 radical (unpaired) electrons. The van der Waals surface area contributed by atoms with Crippen molar-refractivity contribution >= 4 is 202 Å². The number of hydrogen-bond acceptors (Lipinski definition) is 48. The van der Waals surface area contributed by atoms with E-state index in [0.29, 0.717) is 84.9 Å². The third-order valence-electron chi connectivity index (χ3n) is 10.0. The molecule has 0 aromatic rings. The van der Waals surface area contributed by atoms with Gasteiger partial charge >= 0.3 is 264 Å². The number of carbonyl (C=O) groups excluding carboxylic acids is 4. The van der Waals surface area contributed by atoms with Gasteiger partial charge in [0.2, 0.25) is 10.0 Å². The fourth-order valence-corrected chi connectivity index (χ4v) is 16.9. The van der Waals surface area contributed by atoms with Crippen molar-refractivity contribution in [1.82, 2.24) is 14.8 Å². The fourth-order valence-electron chi connectivity index (χ4n) is 5.33. The van der Waals surface area contributed by atoms with Crippen LogP contribution in [0.2, 0.25) is 0 Å². The number of carbonyl (C=O) groups is 4. The first-order chi connectivity index (χ1) is 49.1. The van der Waals surface area contributed by atoms with Crippen molar-refractivity contribution in [3.05, 3.63) is 0 Å². The van der Waals surface area contributed by atoms with E-state index in [9.17, 15) is 127 Å². The van der Waals surface area contributed by atoms with Gasteiger partial charge < -0.3 is 147 Å². The Morgan fingerprint density at radius 2 is 0.932 bits per heavy atom. The molecular formula is C43H102BrN10Na8O37PS17. The van der Waals surface area contributed by atoms with Gasteiger partial charge in [-0.2, -0.15) is 8.42 Å². The van der Waals surface area contributed by atoms with E-state index in [1.54, 1.807) is 18.6 Å². The number of nitrogens with one attached hydrogen (secondary N) is 3. The van der Waals surface area contributed by atoms with Gasteiger partial charge in [0.1, 0.15) is 65.5 Å². The number of hydrogen-bond donors (Lipinski definition) is 11. The Hall–Kier alpha value is 8.10. The Bertz CT molecular complexity index is 3400. The largest absolute Gasteiger partial charge is 1.00 e. The minimum atomic E-state index is -4.28. The van der Waals surface area contributed by atoms with Crippen LogP contribution in [0.1, 0.15) is 87.0 Å². The second kappa shape index (κ2) is 103. The summed E-state index contributed by atoms with van der Waals surface area (Å²) in [7, 11) is -30.8. The summed E-state index contributed by atoms with van der Waals surface area (Å²) in [6.45, 7) is 16.0. The summed E-state index contributed by atoms with van der Waals surface area (Å²) < 4.78 is 225. The van der Waals surface area contributed by atoms with Crippen LogP contribution < -0.4 is 334 Å². The van der Waals surface area contributed by atoms with E-state index < -0.39 is 125 Å². The predicted octanol–water partition coefficient (Wildman–Crippen LogP) is -37.7. The molecule has 1 amide bonds. The van der Waals surface area contributed by atoms with E-state index in [0.717, 1.165) is 30.7 Å². The number of rotatable bonds is 46. The fraction of sp³-hybridized carbons (Fsp3) is 0.907. The minimum absolute atomic E-state index is 0. The first-order valence-corrected chi connectivity index (χ1v) is 55.2. The molecule has 117 heavy (non-hydrogen) atoms. The molecule has 0 saturated heterocycles. The molecule has 0 fully saturated rings. The van der Waals surface area contributed by atoms with Crippen molar-refractivity contribution in [3.8, 4) is 0 Å². The molecule has 0 aliphatic rings. The van der Waals surface area contributed by atoms with Gasteiger partial charge in [-0.05, 0) is 98.7 Å². The van der Waals surface area contributed by atoms with Crippen LogP contribution in [0, 0.1) is 5.92 Å². The standard InChI is InChI=1S/C16H35N2O4S.C6H12O5S2.C5H10O5S2.C3H8N2O2.C3H9NO3S2.C2H8N2O3S.C2H8NO3PS.2C2H7NO3S2.C2H6O6S4.BrH.8Na/c1-7-18(8-2,9-3)11-10-12-23(20,21)17-15(13-14(4)5)16(19)22-6;1-2-11-6(7)4-3-5-12-13(8,9)10;1-2-10-5(6)3-4-11-12(7,8)9;4-1-2-5-3(6)7;4-2-1-3-9(6,8)7-5;3-1-2-4-8(5,6)7;3-1-2-8-7(4,5)6;3-1-2-7-8(4,5)6;3-1-2-8(5,7)6-4;3-7-11(5,9)1-2-12(6,10)8-4;;;;;;;;;/h14-15,17H,7-13H2,1-6H3;2-5H2,1H3,(H,8,9,10);2-4H2,1H3,(H,7,8,9);5H,1-2,4H2,(H,6,7);5H,1-4H2;4H,1-3H2,(H,5,6,7);1-3H2,(H2,4,5,6);1-3H2,(H,4,5,6);4H,1-3H2;3-4H,1-2H2;1H;;;;;;;;/q+1;;;;;;;;;;;8*+1/p-9. The number of sulfonamides is 1. The van der Waals surface area contributed by atoms with E-state index in [1.165, 1.54) is 7.11 Å². The third-order valence-corrected chi connectivity index (χ3v) is 27.2. The average Bonchev–Trinajstić information content (AvgIpc) is 0.853. The number of carboxylic acid groups (broad SMARTS) is 1. The van der Waals surface area contributed by atoms with Gasteiger partial charge in [0.15, 0.2) is 17.1 Å². The van der Waals surface area contributed by atoms with Crippen LogP contribution in [0.15, 0.2) is 0 Å². The summed E-state index contributed by atoms with van der Waals surface area (Å²) in [5, 5.41) is 49.8. The molecule has 0 bridgehead atoms. The first-order valence-electron chi connectivity index (χ1n) is 29.9. The van der Waals surface area contributed by atoms with E-state index >= 15 is 0 Å². The number of ether oxygens (including phenoxy) is 3. The average molecular weight is 2190 g/mol. The first kappa shape index (κ1) is 171. The topological polar surface area (TPSA) is 831 Å².